The van der Waals surface area contributed by atoms with Crippen LogP contribution in [0.4, 0.5) is 0 Å². The molecule has 0 saturated heterocycles. The first-order valence-electron chi connectivity index (χ1n) is 5.24. The van der Waals surface area contributed by atoms with Crippen molar-refractivity contribution in [3.05, 3.63) is 47.1 Å². The van der Waals surface area contributed by atoms with Crippen molar-refractivity contribution in [1.82, 2.24) is 0 Å². The van der Waals surface area contributed by atoms with Crippen LogP contribution in [0.25, 0.3) is 0 Å². The average molecular weight is 348 g/mol. The van der Waals surface area contributed by atoms with Crippen LogP contribution in [0.1, 0.15) is 40.0 Å². The molecule has 0 amide bonds. The van der Waals surface area contributed by atoms with Gasteiger partial charge in [0, 0.05) is 0 Å². The predicted octanol–water partition coefficient (Wildman–Crippen LogP) is -1.82. The second kappa shape index (κ2) is 12.9. The Morgan fingerprint density at radius 1 is 1.24 bits per heavy atom. The Hall–Kier alpha value is 0.423. The molecule has 0 aliphatic heterocycles. The van der Waals surface area contributed by atoms with Gasteiger partial charge in [0.05, 0.1) is 0 Å². The van der Waals surface area contributed by atoms with E-state index in [0.717, 1.165) is 19.3 Å². The molecule has 17 heavy (non-hydrogen) atoms. The van der Waals surface area contributed by atoms with Crippen molar-refractivity contribution >= 4 is 0 Å². The maximum absolute atomic E-state index is 3.21. The first kappa shape index (κ1) is 22.6. The van der Waals surface area contributed by atoms with Gasteiger partial charge in [-0.3, -0.25) is 12.2 Å². The first-order valence-corrected chi connectivity index (χ1v) is 5.24. The number of hydrogen-bond acceptors (Lipinski definition) is 0. The number of halogens is 2. The summed E-state index contributed by atoms with van der Waals surface area (Å²) in [5, 5.41) is 0. The minimum Gasteiger partial charge on any atom is -1.00 e. The summed E-state index contributed by atoms with van der Waals surface area (Å²) < 4.78 is 0. The molecule has 0 heterocycles. The van der Waals surface area contributed by atoms with E-state index in [1.54, 1.807) is 0 Å². The van der Waals surface area contributed by atoms with Gasteiger partial charge in [0.25, 0.3) is 0 Å². The summed E-state index contributed by atoms with van der Waals surface area (Å²) in [7, 11) is 0. The molecular weight excluding hydrogens is 330 g/mol. The monoisotopic (exact) mass is 346 g/mol. The maximum atomic E-state index is 3.21. The number of hydrogen-bond donors (Lipinski definition) is 0. The molecule has 3 heteroatoms. The Morgan fingerprint density at radius 2 is 1.88 bits per heavy atom. The second-order valence-corrected chi connectivity index (χ2v) is 3.62. The van der Waals surface area contributed by atoms with Crippen LogP contribution in [0.15, 0.2) is 34.9 Å². The Bertz CT molecular complexity index is 312. The van der Waals surface area contributed by atoms with Crippen molar-refractivity contribution in [2.45, 2.75) is 40.0 Å². The summed E-state index contributed by atoms with van der Waals surface area (Å²) in [6.07, 6.45) is 16.0. The van der Waals surface area contributed by atoms with Crippen molar-refractivity contribution in [2.75, 3.05) is 0 Å². The number of allylic oxidation sites excluding steroid dienone is 8. The third-order valence-electron chi connectivity index (χ3n) is 2.51. The third-order valence-corrected chi connectivity index (χ3v) is 2.51. The maximum Gasteiger partial charge on any atom is 4.00 e. The molecule has 0 atom stereocenters. The average Bonchev–Trinajstić information content (AvgIpc) is 2.80. The van der Waals surface area contributed by atoms with Gasteiger partial charge in [-0.25, -0.2) is 22.8 Å². The van der Waals surface area contributed by atoms with Gasteiger partial charge >= 0.3 is 26.2 Å². The molecule has 0 unspecified atom stereocenters. The van der Waals surface area contributed by atoms with Crippen LogP contribution in [0.2, 0.25) is 0 Å². The quantitative estimate of drug-likeness (QED) is 0.490. The number of rotatable bonds is 1. The Morgan fingerprint density at radius 3 is 2.06 bits per heavy atom. The molecule has 0 aromatic rings. The van der Waals surface area contributed by atoms with E-state index >= 15 is 0 Å². The molecule has 92 valence electrons. The van der Waals surface area contributed by atoms with Crippen molar-refractivity contribution in [3.63, 3.8) is 0 Å². The van der Waals surface area contributed by atoms with E-state index in [4.69, 9.17) is 0 Å². The van der Waals surface area contributed by atoms with Gasteiger partial charge in [-0.15, -0.1) is 13.3 Å². The molecule has 2 aliphatic carbocycles. The summed E-state index contributed by atoms with van der Waals surface area (Å²) in [4.78, 5) is 0. The zero-order chi connectivity index (χ0) is 10.4. The fourth-order valence-corrected chi connectivity index (χ4v) is 1.33. The van der Waals surface area contributed by atoms with Crippen molar-refractivity contribution in [3.8, 4) is 0 Å². The topological polar surface area (TPSA) is 0 Å². The van der Waals surface area contributed by atoms with E-state index in [-0.39, 0.29) is 51.0 Å². The largest absolute Gasteiger partial charge is 4.00 e. The van der Waals surface area contributed by atoms with Crippen molar-refractivity contribution < 1.29 is 51.0 Å². The summed E-state index contributed by atoms with van der Waals surface area (Å²) in [5.74, 6) is 0. The Labute approximate surface area is 137 Å². The van der Waals surface area contributed by atoms with Gasteiger partial charge < -0.3 is 24.8 Å². The zero-order valence-corrected chi connectivity index (χ0v) is 14.6. The van der Waals surface area contributed by atoms with Crippen LogP contribution in [-0.4, -0.2) is 0 Å². The second-order valence-electron chi connectivity index (χ2n) is 3.62. The summed E-state index contributed by atoms with van der Waals surface area (Å²) in [6.45, 7) is 6.39. The Balaban J connectivity index is -0.000000196. The minimum atomic E-state index is 0. The molecule has 0 aromatic carbocycles. The predicted molar refractivity (Wildman–Crippen MR) is 61.6 cm³/mol. The molecule has 0 spiro atoms. The molecule has 0 aromatic heterocycles. The standard InChI is InChI=1S/2C7H9.2ClH.Zr/c1-6-4-3-5-7(6)2;1-2-7-5-3-4-6-7;;;/h3H,4H2,1-2H3;3,5H,2,4H2,1H3;2*1H;/q2*-1;;;+4/p-2. The van der Waals surface area contributed by atoms with Gasteiger partial charge in [0.2, 0.25) is 0 Å². The smallest absolute Gasteiger partial charge is 1.00 e. The van der Waals surface area contributed by atoms with Gasteiger partial charge in [-0.1, -0.05) is 26.7 Å². The van der Waals surface area contributed by atoms with Crippen LogP contribution in [0.5, 0.6) is 0 Å². The van der Waals surface area contributed by atoms with Crippen LogP contribution >= 0.6 is 0 Å². The van der Waals surface area contributed by atoms with E-state index in [1.165, 1.54) is 16.7 Å². The Kier molecular flexibility index (Phi) is 17.1. The van der Waals surface area contributed by atoms with Gasteiger partial charge in [0.15, 0.2) is 0 Å². The summed E-state index contributed by atoms with van der Waals surface area (Å²) in [6, 6.07) is 0. The third kappa shape index (κ3) is 9.06. The van der Waals surface area contributed by atoms with Crippen LogP contribution in [-0.2, 0) is 26.2 Å². The molecule has 0 fully saturated rings. The molecular formula is C14H18Cl2Zr. The fraction of sp³-hybridized carbons (Fsp3) is 0.429. The molecule has 0 saturated carbocycles. The molecule has 0 nitrogen and oxygen atoms in total. The van der Waals surface area contributed by atoms with Crippen molar-refractivity contribution in [2.24, 2.45) is 0 Å². The molecule has 2 aliphatic rings. The summed E-state index contributed by atoms with van der Waals surface area (Å²) in [5.41, 5.74) is 4.14. The zero-order valence-electron chi connectivity index (χ0n) is 10.6. The van der Waals surface area contributed by atoms with E-state index in [0.29, 0.717) is 0 Å². The molecule has 0 N–H and O–H groups in total. The van der Waals surface area contributed by atoms with E-state index in [1.807, 2.05) is 0 Å². The van der Waals surface area contributed by atoms with E-state index in [9.17, 15) is 0 Å². The van der Waals surface area contributed by atoms with Crippen LogP contribution < -0.4 is 24.8 Å². The molecule has 0 radical (unpaired) electrons. The molecule has 0 bridgehead atoms. The van der Waals surface area contributed by atoms with Gasteiger partial charge in [0.1, 0.15) is 0 Å². The van der Waals surface area contributed by atoms with Gasteiger partial charge in [-0.2, -0.15) is 12.2 Å². The normalized spacial score (nSPS) is 15.1. The SMILES string of the molecule is CC1=C(C)CC=[C-]1.CCC1=[C-]CC=C1.[Cl-].[Cl-].[Zr+4]. The molecule has 2 rings (SSSR count). The minimum absolute atomic E-state index is 0. The fourth-order valence-electron chi connectivity index (χ4n) is 1.33. The summed E-state index contributed by atoms with van der Waals surface area (Å²) >= 11 is 0. The first-order chi connectivity index (χ1) is 6.74. The van der Waals surface area contributed by atoms with Crippen LogP contribution in [0, 0.1) is 12.2 Å². The van der Waals surface area contributed by atoms with Gasteiger partial charge in [-0.05, 0) is 0 Å². The van der Waals surface area contributed by atoms with Crippen molar-refractivity contribution in [1.29, 1.82) is 0 Å². The van der Waals surface area contributed by atoms with E-state index in [2.05, 4.69) is 51.2 Å². The van der Waals surface area contributed by atoms with E-state index < -0.39 is 0 Å². The van der Waals surface area contributed by atoms with Crippen LogP contribution in [0.3, 0.4) is 0 Å².